The van der Waals surface area contributed by atoms with Crippen molar-refractivity contribution in [1.29, 1.82) is 0 Å². The van der Waals surface area contributed by atoms with Gasteiger partial charge in [0.25, 0.3) is 0 Å². The van der Waals surface area contributed by atoms with Gasteiger partial charge in [-0.05, 0) is 42.2 Å². The molecule has 2 N–H and O–H groups in total. The highest BCUT2D eigenvalue weighted by molar-refractivity contribution is 7.07. The number of aliphatic hydroxyl groups is 1. The van der Waals surface area contributed by atoms with Crippen molar-refractivity contribution in [1.82, 2.24) is 5.32 Å². The molecule has 0 spiro atoms. The van der Waals surface area contributed by atoms with Gasteiger partial charge in [-0.1, -0.05) is 25.7 Å². The minimum absolute atomic E-state index is 0.341. The van der Waals surface area contributed by atoms with Gasteiger partial charge in [-0.3, -0.25) is 0 Å². The summed E-state index contributed by atoms with van der Waals surface area (Å²) in [5.41, 5.74) is 0.855. The Morgan fingerprint density at radius 2 is 2.06 bits per heavy atom. The summed E-state index contributed by atoms with van der Waals surface area (Å²) >= 11 is 1.73. The van der Waals surface area contributed by atoms with Gasteiger partial charge in [-0.2, -0.15) is 11.3 Å². The van der Waals surface area contributed by atoms with Gasteiger partial charge in [0.05, 0.1) is 5.60 Å². The molecule has 0 aromatic carbocycles. The third-order valence-electron chi connectivity index (χ3n) is 3.81. The highest BCUT2D eigenvalue weighted by Crippen LogP contribution is 2.27. The van der Waals surface area contributed by atoms with E-state index in [2.05, 4.69) is 29.1 Å². The molecule has 0 amide bonds. The molecule has 1 unspecified atom stereocenters. The van der Waals surface area contributed by atoms with Crippen LogP contribution in [-0.2, 0) is 0 Å². The number of hydrogen-bond acceptors (Lipinski definition) is 3. The van der Waals surface area contributed by atoms with E-state index in [9.17, 15) is 5.11 Å². The van der Waals surface area contributed by atoms with Crippen LogP contribution in [0.25, 0.3) is 0 Å². The first-order valence-electron chi connectivity index (χ1n) is 6.67. The molecule has 1 aromatic rings. The first-order chi connectivity index (χ1) is 8.20. The molecular weight excluding hydrogens is 230 g/mol. The Labute approximate surface area is 108 Å². The Morgan fingerprint density at radius 3 is 2.65 bits per heavy atom. The van der Waals surface area contributed by atoms with Crippen molar-refractivity contribution >= 4 is 11.3 Å². The maximum atomic E-state index is 10.5. The average Bonchev–Trinajstić information content (AvgIpc) is 2.77. The fraction of sp³-hybridized carbons (Fsp3) is 0.714. The summed E-state index contributed by atoms with van der Waals surface area (Å²) < 4.78 is 0. The summed E-state index contributed by atoms with van der Waals surface area (Å²) in [7, 11) is 0. The number of hydrogen-bond donors (Lipinski definition) is 2. The second kappa shape index (κ2) is 5.98. The zero-order valence-electron chi connectivity index (χ0n) is 10.6. The van der Waals surface area contributed by atoms with Crippen LogP contribution in [0.3, 0.4) is 0 Å². The predicted octanol–water partition coefficient (Wildman–Crippen LogP) is 3.48. The van der Waals surface area contributed by atoms with Gasteiger partial charge in [0, 0.05) is 12.6 Å². The molecule has 1 aromatic heterocycles. The number of thiophene rings is 1. The van der Waals surface area contributed by atoms with Crippen LogP contribution in [0.5, 0.6) is 0 Å². The molecule has 2 rings (SSSR count). The molecule has 2 nitrogen and oxygen atoms in total. The van der Waals surface area contributed by atoms with Crippen LogP contribution in [0.2, 0.25) is 0 Å². The second-order valence-corrected chi connectivity index (χ2v) is 6.08. The van der Waals surface area contributed by atoms with Gasteiger partial charge in [-0.25, -0.2) is 0 Å². The van der Waals surface area contributed by atoms with Gasteiger partial charge in [0.15, 0.2) is 0 Å². The zero-order valence-corrected chi connectivity index (χ0v) is 11.4. The van der Waals surface area contributed by atoms with E-state index < -0.39 is 5.60 Å². The van der Waals surface area contributed by atoms with Crippen molar-refractivity contribution in [2.24, 2.45) is 0 Å². The Bertz CT molecular complexity index is 315. The summed E-state index contributed by atoms with van der Waals surface area (Å²) in [4.78, 5) is 0. The van der Waals surface area contributed by atoms with Crippen LogP contribution in [0, 0.1) is 0 Å². The molecule has 1 aliphatic rings. The summed E-state index contributed by atoms with van der Waals surface area (Å²) in [6, 6.07) is 2.49. The second-order valence-electron chi connectivity index (χ2n) is 5.30. The van der Waals surface area contributed by atoms with E-state index in [4.69, 9.17) is 0 Å². The highest BCUT2D eigenvalue weighted by atomic mass is 32.1. The molecule has 17 heavy (non-hydrogen) atoms. The Morgan fingerprint density at radius 1 is 1.35 bits per heavy atom. The van der Waals surface area contributed by atoms with E-state index in [0.29, 0.717) is 6.04 Å². The van der Waals surface area contributed by atoms with Crippen LogP contribution in [0.4, 0.5) is 0 Å². The lowest BCUT2D eigenvalue weighted by Gasteiger charge is -2.28. The Balaban J connectivity index is 1.84. The average molecular weight is 253 g/mol. The molecule has 1 atom stereocenters. The molecule has 0 bridgehead atoms. The molecular formula is C14H23NOS. The number of rotatable bonds is 4. The maximum absolute atomic E-state index is 10.5. The first kappa shape index (κ1) is 13.1. The summed E-state index contributed by atoms with van der Waals surface area (Å²) in [5, 5.41) is 18.3. The SMILES string of the molecule is CC(NCC1(O)CCCCCC1)c1ccsc1. The van der Waals surface area contributed by atoms with Crippen LogP contribution < -0.4 is 5.32 Å². The Hall–Kier alpha value is -0.380. The van der Waals surface area contributed by atoms with Crippen molar-refractivity contribution in [2.75, 3.05) is 6.54 Å². The van der Waals surface area contributed by atoms with Crippen molar-refractivity contribution in [3.8, 4) is 0 Å². The van der Waals surface area contributed by atoms with Crippen LogP contribution in [0.15, 0.2) is 16.8 Å². The minimum atomic E-state index is -0.471. The summed E-state index contributed by atoms with van der Waals surface area (Å²) in [5.74, 6) is 0. The van der Waals surface area contributed by atoms with E-state index >= 15 is 0 Å². The van der Waals surface area contributed by atoms with Crippen molar-refractivity contribution in [2.45, 2.75) is 57.1 Å². The van der Waals surface area contributed by atoms with Gasteiger partial charge in [0.1, 0.15) is 0 Å². The fourth-order valence-corrected chi connectivity index (χ4v) is 3.30. The summed E-state index contributed by atoms with van der Waals surface area (Å²) in [6.07, 6.45) is 6.81. The van der Waals surface area contributed by atoms with Gasteiger partial charge >= 0.3 is 0 Å². The molecule has 1 heterocycles. The standard InChI is InChI=1S/C14H23NOS/c1-12(13-6-9-17-10-13)15-11-14(16)7-4-2-3-5-8-14/h6,9-10,12,15-16H,2-5,7-8,11H2,1H3. The van der Waals surface area contributed by atoms with Crippen molar-refractivity contribution in [3.63, 3.8) is 0 Å². The quantitative estimate of drug-likeness (QED) is 0.805. The van der Waals surface area contributed by atoms with Gasteiger partial charge in [0.2, 0.25) is 0 Å². The molecule has 1 fully saturated rings. The Kier molecular flexibility index (Phi) is 4.60. The molecule has 1 aliphatic carbocycles. The number of nitrogens with one attached hydrogen (secondary N) is 1. The van der Waals surface area contributed by atoms with Gasteiger partial charge < -0.3 is 10.4 Å². The molecule has 1 saturated carbocycles. The predicted molar refractivity (Wildman–Crippen MR) is 73.4 cm³/mol. The minimum Gasteiger partial charge on any atom is -0.389 e. The van der Waals surface area contributed by atoms with E-state index in [0.717, 1.165) is 19.4 Å². The zero-order chi connectivity index (χ0) is 12.1. The lowest BCUT2D eigenvalue weighted by Crippen LogP contribution is -2.41. The third kappa shape index (κ3) is 3.80. The monoisotopic (exact) mass is 253 g/mol. The first-order valence-corrected chi connectivity index (χ1v) is 7.62. The van der Waals surface area contributed by atoms with Crippen molar-refractivity contribution in [3.05, 3.63) is 22.4 Å². The molecule has 96 valence electrons. The molecule has 0 radical (unpaired) electrons. The summed E-state index contributed by atoms with van der Waals surface area (Å²) in [6.45, 7) is 2.89. The van der Waals surface area contributed by atoms with Crippen LogP contribution in [-0.4, -0.2) is 17.3 Å². The molecule has 0 saturated heterocycles. The van der Waals surface area contributed by atoms with E-state index in [-0.39, 0.29) is 0 Å². The van der Waals surface area contributed by atoms with E-state index in [1.807, 2.05) is 0 Å². The topological polar surface area (TPSA) is 32.3 Å². The maximum Gasteiger partial charge on any atom is 0.0771 e. The lowest BCUT2D eigenvalue weighted by molar-refractivity contribution is 0.0231. The fourth-order valence-electron chi connectivity index (χ4n) is 2.55. The largest absolute Gasteiger partial charge is 0.389 e. The van der Waals surface area contributed by atoms with Gasteiger partial charge in [-0.15, -0.1) is 0 Å². The van der Waals surface area contributed by atoms with Crippen molar-refractivity contribution < 1.29 is 5.11 Å². The van der Waals surface area contributed by atoms with E-state index in [1.54, 1.807) is 11.3 Å². The van der Waals surface area contributed by atoms with E-state index in [1.165, 1.54) is 31.2 Å². The van der Waals surface area contributed by atoms with Crippen LogP contribution >= 0.6 is 11.3 Å². The normalized spacial score (nSPS) is 22.0. The smallest absolute Gasteiger partial charge is 0.0771 e. The third-order valence-corrected chi connectivity index (χ3v) is 4.52. The van der Waals surface area contributed by atoms with Crippen LogP contribution in [0.1, 0.15) is 57.1 Å². The molecule has 3 heteroatoms. The molecule has 0 aliphatic heterocycles. The lowest BCUT2D eigenvalue weighted by atomic mass is 9.94. The highest BCUT2D eigenvalue weighted by Gasteiger charge is 2.28.